The SMILES string of the molecule is CN1C(=O)N(C)[C@@H]2[C@H]3C=C[C@](C)(c4ccccc43)[C@]2(F)C1=O. The fourth-order valence-electron chi connectivity index (χ4n) is 4.44. The van der Waals surface area contributed by atoms with Crippen LogP contribution in [0.2, 0.25) is 0 Å². The Morgan fingerprint density at radius 3 is 2.59 bits per heavy atom. The standard InChI is InChI=1S/C17H17FN2O2/c1-16-9-8-11(10-6-4-5-7-12(10)16)13-17(16,18)14(21)20(3)15(22)19(13)2/h4-9,11,13H,1-3H3/t11-,13+,16+,17+/m0/s1. The summed E-state index contributed by atoms with van der Waals surface area (Å²) >= 11 is 0. The minimum absolute atomic E-state index is 0.297. The number of hydrogen-bond donors (Lipinski definition) is 0. The lowest BCUT2D eigenvalue weighted by molar-refractivity contribution is -0.158. The van der Waals surface area contributed by atoms with Gasteiger partial charge in [0.1, 0.15) is 0 Å². The van der Waals surface area contributed by atoms with Crippen molar-refractivity contribution in [2.45, 2.75) is 30.0 Å². The van der Waals surface area contributed by atoms with E-state index in [2.05, 4.69) is 0 Å². The van der Waals surface area contributed by atoms with Crippen molar-refractivity contribution in [3.63, 3.8) is 0 Å². The number of nitrogens with zero attached hydrogens (tertiary/aromatic N) is 2. The molecule has 0 radical (unpaired) electrons. The van der Waals surface area contributed by atoms with Crippen LogP contribution >= 0.6 is 0 Å². The van der Waals surface area contributed by atoms with E-state index in [9.17, 15) is 9.59 Å². The maximum Gasteiger partial charge on any atom is 0.326 e. The van der Waals surface area contributed by atoms with E-state index < -0.39 is 29.1 Å². The number of amides is 3. The zero-order chi connectivity index (χ0) is 15.9. The lowest BCUT2D eigenvalue weighted by Crippen LogP contribution is -2.77. The monoisotopic (exact) mass is 300 g/mol. The molecule has 1 aromatic rings. The number of imide groups is 1. The van der Waals surface area contributed by atoms with Gasteiger partial charge in [0, 0.05) is 20.0 Å². The van der Waals surface area contributed by atoms with Crippen molar-refractivity contribution in [1.29, 1.82) is 0 Å². The van der Waals surface area contributed by atoms with E-state index in [0.717, 1.165) is 16.0 Å². The summed E-state index contributed by atoms with van der Waals surface area (Å²) in [5.41, 5.74) is -1.37. The molecule has 22 heavy (non-hydrogen) atoms. The zero-order valence-electron chi connectivity index (χ0n) is 12.7. The van der Waals surface area contributed by atoms with Gasteiger partial charge in [-0.15, -0.1) is 0 Å². The quantitative estimate of drug-likeness (QED) is 0.689. The lowest BCUT2D eigenvalue weighted by atomic mass is 9.52. The maximum absolute atomic E-state index is 16.2. The zero-order valence-corrected chi connectivity index (χ0v) is 12.7. The van der Waals surface area contributed by atoms with Crippen LogP contribution in [0.4, 0.5) is 9.18 Å². The molecular weight excluding hydrogens is 283 g/mol. The summed E-state index contributed by atoms with van der Waals surface area (Å²) in [4.78, 5) is 27.3. The van der Waals surface area contributed by atoms with Crippen molar-refractivity contribution < 1.29 is 14.0 Å². The van der Waals surface area contributed by atoms with Gasteiger partial charge in [-0.1, -0.05) is 36.4 Å². The topological polar surface area (TPSA) is 40.6 Å². The van der Waals surface area contributed by atoms with Gasteiger partial charge in [0.2, 0.25) is 5.67 Å². The highest BCUT2D eigenvalue weighted by Crippen LogP contribution is 2.59. The fourth-order valence-corrected chi connectivity index (χ4v) is 4.44. The number of rotatable bonds is 0. The third-order valence-electron chi connectivity index (χ3n) is 5.64. The third-order valence-corrected chi connectivity index (χ3v) is 5.64. The van der Waals surface area contributed by atoms with Gasteiger partial charge < -0.3 is 4.90 Å². The molecule has 5 rings (SSSR count). The molecule has 1 fully saturated rings. The van der Waals surface area contributed by atoms with E-state index >= 15 is 4.39 Å². The number of hydrogen-bond acceptors (Lipinski definition) is 2. The van der Waals surface area contributed by atoms with Crippen molar-refractivity contribution in [3.8, 4) is 0 Å². The first-order valence-corrected chi connectivity index (χ1v) is 7.36. The van der Waals surface area contributed by atoms with E-state index in [1.54, 1.807) is 20.0 Å². The summed E-state index contributed by atoms with van der Waals surface area (Å²) in [5, 5.41) is 0. The van der Waals surface area contributed by atoms with Gasteiger partial charge in [0.15, 0.2) is 0 Å². The Balaban J connectivity index is 2.05. The van der Waals surface area contributed by atoms with Gasteiger partial charge in [-0.3, -0.25) is 9.69 Å². The second kappa shape index (κ2) is 3.77. The van der Waals surface area contributed by atoms with Crippen molar-refractivity contribution in [2.75, 3.05) is 14.1 Å². The van der Waals surface area contributed by atoms with Crippen LogP contribution in [0.3, 0.4) is 0 Å². The highest BCUT2D eigenvalue weighted by atomic mass is 19.1. The maximum atomic E-state index is 16.2. The average Bonchev–Trinajstić information content (AvgIpc) is 2.53. The summed E-state index contributed by atoms with van der Waals surface area (Å²) in [7, 11) is 2.92. The third kappa shape index (κ3) is 1.17. The highest BCUT2D eigenvalue weighted by molar-refractivity contribution is 6.04. The molecule has 0 spiro atoms. The van der Waals surface area contributed by atoms with Crippen molar-refractivity contribution >= 4 is 11.9 Å². The van der Waals surface area contributed by atoms with Crippen molar-refractivity contribution in [3.05, 3.63) is 47.5 Å². The Bertz CT molecular complexity index is 746. The molecule has 2 bridgehead atoms. The minimum Gasteiger partial charge on any atom is -0.320 e. The van der Waals surface area contributed by atoms with E-state index in [1.165, 1.54) is 11.9 Å². The lowest BCUT2D eigenvalue weighted by Gasteiger charge is -2.60. The molecule has 1 saturated heterocycles. The number of carbonyl (C=O) groups excluding carboxylic acids is 2. The average molecular weight is 300 g/mol. The number of benzene rings is 1. The molecule has 1 aromatic carbocycles. The Morgan fingerprint density at radius 2 is 1.86 bits per heavy atom. The first kappa shape index (κ1) is 13.5. The number of urea groups is 1. The molecule has 114 valence electrons. The van der Waals surface area contributed by atoms with Crippen LogP contribution in [0.5, 0.6) is 0 Å². The summed E-state index contributed by atoms with van der Waals surface area (Å²) in [6, 6.07) is 6.37. The van der Waals surface area contributed by atoms with E-state index in [-0.39, 0.29) is 5.92 Å². The molecule has 4 atom stereocenters. The number of allylic oxidation sites excluding steroid dienone is 1. The number of alkyl halides is 1. The van der Waals surface area contributed by atoms with E-state index in [4.69, 9.17) is 0 Å². The largest absolute Gasteiger partial charge is 0.326 e. The molecule has 1 aliphatic heterocycles. The molecule has 0 N–H and O–H groups in total. The second-order valence-corrected chi connectivity index (χ2v) is 6.59. The van der Waals surface area contributed by atoms with E-state index in [0.29, 0.717) is 0 Å². The predicted molar refractivity (Wildman–Crippen MR) is 79.2 cm³/mol. The smallest absolute Gasteiger partial charge is 0.320 e. The molecule has 1 heterocycles. The second-order valence-electron chi connectivity index (χ2n) is 6.59. The molecule has 0 saturated carbocycles. The molecule has 0 unspecified atom stereocenters. The predicted octanol–water partition coefficient (Wildman–Crippen LogP) is 2.21. The van der Waals surface area contributed by atoms with Crippen LogP contribution in [-0.4, -0.2) is 47.5 Å². The Hall–Kier alpha value is -2.17. The van der Waals surface area contributed by atoms with Crippen LogP contribution in [0, 0.1) is 0 Å². The minimum atomic E-state index is -2.14. The summed E-state index contributed by atoms with van der Waals surface area (Å²) < 4.78 is 16.2. The van der Waals surface area contributed by atoms with E-state index in [1.807, 2.05) is 30.3 Å². The number of likely N-dealkylation sites (N-methyl/N-ethyl adjacent to an activating group) is 1. The van der Waals surface area contributed by atoms with Crippen LogP contribution in [0.1, 0.15) is 24.0 Å². The normalized spacial score (nSPS) is 39.1. The molecule has 0 aromatic heterocycles. The molecular formula is C17H17FN2O2. The Kier molecular flexibility index (Phi) is 2.31. The first-order valence-electron chi connectivity index (χ1n) is 7.36. The van der Waals surface area contributed by atoms with Crippen LogP contribution in [0.15, 0.2) is 36.4 Å². The Morgan fingerprint density at radius 1 is 1.18 bits per heavy atom. The summed E-state index contributed by atoms with van der Waals surface area (Å²) in [5.74, 6) is -1.04. The summed E-state index contributed by atoms with van der Waals surface area (Å²) in [6.45, 7) is 1.75. The van der Waals surface area contributed by atoms with Gasteiger partial charge in [0.05, 0.1) is 11.5 Å². The molecule has 5 heteroatoms. The van der Waals surface area contributed by atoms with Crippen LogP contribution in [-0.2, 0) is 10.2 Å². The van der Waals surface area contributed by atoms with Crippen LogP contribution in [0.25, 0.3) is 0 Å². The highest BCUT2D eigenvalue weighted by Gasteiger charge is 2.71. The van der Waals surface area contributed by atoms with Gasteiger partial charge in [-0.2, -0.15) is 0 Å². The Labute approximate surface area is 128 Å². The van der Waals surface area contributed by atoms with Crippen LogP contribution < -0.4 is 0 Å². The van der Waals surface area contributed by atoms with Crippen molar-refractivity contribution in [1.82, 2.24) is 9.80 Å². The number of carbonyl (C=O) groups is 2. The number of halogens is 1. The fraction of sp³-hybridized carbons (Fsp3) is 0.412. The van der Waals surface area contributed by atoms with Gasteiger partial charge in [-0.25, -0.2) is 9.18 Å². The molecule has 4 aliphatic rings. The molecule has 3 aliphatic carbocycles. The first-order chi connectivity index (χ1) is 10.3. The van der Waals surface area contributed by atoms with Gasteiger partial charge in [0.25, 0.3) is 5.91 Å². The van der Waals surface area contributed by atoms with Gasteiger partial charge in [-0.05, 0) is 18.1 Å². The molecule has 4 nitrogen and oxygen atoms in total. The van der Waals surface area contributed by atoms with Gasteiger partial charge >= 0.3 is 6.03 Å². The summed E-state index contributed by atoms with van der Waals surface area (Å²) in [6.07, 6.45) is 3.74. The molecule has 3 amide bonds. The van der Waals surface area contributed by atoms with Crippen molar-refractivity contribution in [2.24, 2.45) is 0 Å².